The summed E-state index contributed by atoms with van der Waals surface area (Å²) in [5, 5.41) is 26.1. The fourth-order valence-corrected chi connectivity index (χ4v) is 1.28. The fourth-order valence-electron chi connectivity index (χ4n) is 1.28. The average molecular weight is 231 g/mol. The molecular weight excluding hydrogens is 222 g/mol. The van der Waals surface area contributed by atoms with Crippen LogP contribution in [-0.4, -0.2) is 29.1 Å². The Kier molecular flexibility index (Phi) is 3.85. The van der Waals surface area contributed by atoms with Crippen LogP contribution in [0.1, 0.15) is 10.4 Å². The molecule has 7 heteroatoms. The van der Waals surface area contributed by atoms with E-state index in [2.05, 4.69) is 4.98 Å². The van der Waals surface area contributed by atoms with E-state index in [0.29, 0.717) is 0 Å². The minimum absolute atomic E-state index is 0.0505. The molecule has 0 aliphatic carbocycles. The average Bonchev–Trinajstić information content (AvgIpc) is 2.29. The molecule has 0 saturated carbocycles. The van der Waals surface area contributed by atoms with Crippen molar-refractivity contribution in [3.63, 3.8) is 0 Å². The molecule has 1 rings (SSSR count). The number of hydrogen-bond donors (Lipinski definition) is 2. The predicted octanol–water partition coefficient (Wildman–Crippen LogP) is 0.216. The molecule has 0 radical (unpaired) electrons. The summed E-state index contributed by atoms with van der Waals surface area (Å²) in [7, 11) is 0. The highest BCUT2D eigenvalue weighted by molar-refractivity contribution is 5.96. The zero-order chi connectivity index (χ0) is 12.8. The number of rotatable bonds is 4. The zero-order valence-corrected chi connectivity index (χ0v) is 8.79. The van der Waals surface area contributed by atoms with E-state index in [9.17, 15) is 4.79 Å². The van der Waals surface area contributed by atoms with Crippen molar-refractivity contribution < 1.29 is 9.90 Å². The number of pyridine rings is 1. The number of aromatic carboxylic acids is 1. The first kappa shape index (κ1) is 12.3. The highest BCUT2D eigenvalue weighted by Crippen LogP contribution is 2.23. The Morgan fingerprint density at radius 2 is 2.06 bits per heavy atom. The van der Waals surface area contributed by atoms with Crippen molar-refractivity contribution in [2.45, 2.75) is 0 Å². The lowest BCUT2D eigenvalue weighted by Crippen LogP contribution is -2.26. The summed E-state index contributed by atoms with van der Waals surface area (Å²) in [6, 6.07) is 4.98. The normalized spacial score (nSPS) is 9.06. The molecule has 0 amide bonds. The molecule has 1 heterocycles. The van der Waals surface area contributed by atoms with E-state index in [1.165, 1.54) is 17.2 Å². The third-order valence-electron chi connectivity index (χ3n) is 2.02. The van der Waals surface area contributed by atoms with Crippen LogP contribution >= 0.6 is 0 Å². The van der Waals surface area contributed by atoms with Crippen LogP contribution in [0.4, 0.5) is 11.5 Å². The standard InChI is InChI=1S/C10H9N5O2/c11-2-5-15(6-3-12)9-8(13)7(10(16)17)1-4-14-9/h1,4H,5-6,13H2,(H,16,17). The zero-order valence-electron chi connectivity index (χ0n) is 8.79. The maximum atomic E-state index is 10.9. The van der Waals surface area contributed by atoms with Gasteiger partial charge in [0.1, 0.15) is 13.1 Å². The first-order chi connectivity index (χ1) is 8.11. The molecule has 0 aliphatic rings. The predicted molar refractivity (Wildman–Crippen MR) is 59.0 cm³/mol. The van der Waals surface area contributed by atoms with Gasteiger partial charge in [-0.3, -0.25) is 0 Å². The van der Waals surface area contributed by atoms with Crippen LogP contribution in [0, 0.1) is 22.7 Å². The Hall–Kier alpha value is -2.80. The summed E-state index contributed by atoms with van der Waals surface area (Å²) in [5.41, 5.74) is 5.49. The van der Waals surface area contributed by atoms with Gasteiger partial charge < -0.3 is 15.7 Å². The van der Waals surface area contributed by atoms with Gasteiger partial charge in [0.25, 0.3) is 0 Å². The number of nitriles is 2. The van der Waals surface area contributed by atoms with E-state index < -0.39 is 5.97 Å². The molecule has 0 aromatic carbocycles. The van der Waals surface area contributed by atoms with Crippen LogP contribution in [0.2, 0.25) is 0 Å². The molecule has 17 heavy (non-hydrogen) atoms. The quantitative estimate of drug-likeness (QED) is 0.709. The van der Waals surface area contributed by atoms with Crippen molar-refractivity contribution in [2.75, 3.05) is 23.7 Å². The van der Waals surface area contributed by atoms with Gasteiger partial charge in [0.05, 0.1) is 23.4 Å². The summed E-state index contributed by atoms with van der Waals surface area (Å²) < 4.78 is 0. The van der Waals surface area contributed by atoms with Crippen molar-refractivity contribution in [2.24, 2.45) is 0 Å². The molecule has 0 unspecified atom stereocenters. The van der Waals surface area contributed by atoms with Gasteiger partial charge in [0.15, 0.2) is 5.82 Å². The lowest BCUT2D eigenvalue weighted by Gasteiger charge is -2.19. The molecule has 0 spiro atoms. The van der Waals surface area contributed by atoms with E-state index in [1.807, 2.05) is 12.1 Å². The lowest BCUT2D eigenvalue weighted by atomic mass is 10.2. The van der Waals surface area contributed by atoms with Crippen LogP contribution < -0.4 is 10.6 Å². The number of aromatic nitrogens is 1. The number of anilines is 2. The Morgan fingerprint density at radius 3 is 2.53 bits per heavy atom. The van der Waals surface area contributed by atoms with Crippen LogP contribution in [0.15, 0.2) is 12.3 Å². The van der Waals surface area contributed by atoms with E-state index in [4.69, 9.17) is 21.4 Å². The summed E-state index contributed by atoms with van der Waals surface area (Å²) >= 11 is 0. The molecule has 0 aliphatic heterocycles. The van der Waals surface area contributed by atoms with Gasteiger partial charge in [-0.15, -0.1) is 0 Å². The maximum Gasteiger partial charge on any atom is 0.337 e. The van der Waals surface area contributed by atoms with Gasteiger partial charge in [-0.2, -0.15) is 10.5 Å². The number of carboxylic acid groups (broad SMARTS) is 1. The van der Waals surface area contributed by atoms with E-state index in [-0.39, 0.29) is 30.2 Å². The Balaban J connectivity index is 3.21. The number of carboxylic acids is 1. The number of nitrogen functional groups attached to an aromatic ring is 1. The third kappa shape index (κ3) is 2.61. The van der Waals surface area contributed by atoms with Crippen molar-refractivity contribution in [3.8, 4) is 12.1 Å². The second-order valence-corrected chi connectivity index (χ2v) is 3.07. The molecular formula is C10H9N5O2. The summed E-state index contributed by atoms with van der Waals surface area (Å²) in [4.78, 5) is 16.1. The second kappa shape index (κ2) is 5.33. The summed E-state index contributed by atoms with van der Waals surface area (Å²) in [5.74, 6) is -1.05. The highest BCUT2D eigenvalue weighted by Gasteiger charge is 2.16. The topological polar surface area (TPSA) is 127 Å². The number of nitrogens with two attached hydrogens (primary N) is 1. The minimum Gasteiger partial charge on any atom is -0.478 e. The Bertz CT molecular complexity index is 498. The first-order valence-electron chi connectivity index (χ1n) is 4.58. The Labute approximate surface area is 97.3 Å². The Morgan fingerprint density at radius 1 is 1.47 bits per heavy atom. The maximum absolute atomic E-state index is 10.9. The van der Waals surface area contributed by atoms with Crippen molar-refractivity contribution >= 4 is 17.5 Å². The van der Waals surface area contributed by atoms with Crippen LogP contribution in [0.25, 0.3) is 0 Å². The molecule has 0 saturated heterocycles. The van der Waals surface area contributed by atoms with Crippen molar-refractivity contribution in [1.82, 2.24) is 4.98 Å². The minimum atomic E-state index is -1.18. The smallest absolute Gasteiger partial charge is 0.337 e. The van der Waals surface area contributed by atoms with E-state index in [1.54, 1.807) is 0 Å². The molecule has 1 aromatic heterocycles. The monoisotopic (exact) mass is 231 g/mol. The van der Waals surface area contributed by atoms with Crippen molar-refractivity contribution in [3.05, 3.63) is 17.8 Å². The van der Waals surface area contributed by atoms with Gasteiger partial charge in [-0.05, 0) is 6.07 Å². The molecule has 0 fully saturated rings. The van der Waals surface area contributed by atoms with Gasteiger partial charge in [-0.1, -0.05) is 0 Å². The van der Waals surface area contributed by atoms with Crippen LogP contribution in [0.3, 0.4) is 0 Å². The van der Waals surface area contributed by atoms with E-state index in [0.717, 1.165) is 0 Å². The third-order valence-corrected chi connectivity index (χ3v) is 2.02. The van der Waals surface area contributed by atoms with Gasteiger partial charge >= 0.3 is 5.97 Å². The molecule has 7 nitrogen and oxygen atoms in total. The lowest BCUT2D eigenvalue weighted by molar-refractivity contribution is 0.0698. The molecule has 0 atom stereocenters. The SMILES string of the molecule is N#CCN(CC#N)c1nccc(C(=O)O)c1N. The van der Waals surface area contributed by atoms with Crippen LogP contribution in [-0.2, 0) is 0 Å². The number of hydrogen-bond acceptors (Lipinski definition) is 6. The first-order valence-corrected chi connectivity index (χ1v) is 4.58. The largest absolute Gasteiger partial charge is 0.478 e. The summed E-state index contributed by atoms with van der Waals surface area (Å²) in [6.07, 6.45) is 1.27. The summed E-state index contributed by atoms with van der Waals surface area (Å²) in [6.45, 7) is -0.179. The van der Waals surface area contributed by atoms with Crippen LogP contribution in [0.5, 0.6) is 0 Å². The van der Waals surface area contributed by atoms with Gasteiger partial charge in [-0.25, -0.2) is 9.78 Å². The molecule has 0 bridgehead atoms. The van der Waals surface area contributed by atoms with Gasteiger partial charge in [0, 0.05) is 6.20 Å². The highest BCUT2D eigenvalue weighted by atomic mass is 16.4. The number of carbonyl (C=O) groups is 1. The van der Waals surface area contributed by atoms with Gasteiger partial charge in [0.2, 0.25) is 0 Å². The molecule has 1 aromatic rings. The molecule has 3 N–H and O–H groups in total. The van der Waals surface area contributed by atoms with Crippen molar-refractivity contribution in [1.29, 1.82) is 10.5 Å². The molecule has 86 valence electrons. The number of nitrogens with zero attached hydrogens (tertiary/aromatic N) is 4. The second-order valence-electron chi connectivity index (χ2n) is 3.07. The van der Waals surface area contributed by atoms with E-state index >= 15 is 0 Å². The fraction of sp³-hybridized carbons (Fsp3) is 0.200.